The van der Waals surface area contributed by atoms with Crippen LogP contribution in [0.15, 0.2) is 24.3 Å². The molecule has 106 valence electrons. The summed E-state index contributed by atoms with van der Waals surface area (Å²) in [7, 11) is 0. The van der Waals surface area contributed by atoms with Crippen molar-refractivity contribution < 1.29 is 27.4 Å². The fourth-order valence-corrected chi connectivity index (χ4v) is 1.47. The Kier molecular flexibility index (Phi) is 5.47. The number of alkyl halides is 3. The maximum atomic E-state index is 12.4. The summed E-state index contributed by atoms with van der Waals surface area (Å²) in [5.74, 6) is 0.110. The minimum Gasteiger partial charge on any atom is -0.493 e. The van der Waals surface area contributed by atoms with Crippen LogP contribution in [0, 0.1) is 0 Å². The summed E-state index contributed by atoms with van der Waals surface area (Å²) < 4.78 is 47.1. The van der Waals surface area contributed by atoms with Crippen LogP contribution in [-0.2, 0) is 10.9 Å². The molecule has 0 fully saturated rings. The second kappa shape index (κ2) is 6.65. The molecule has 1 unspecified atom stereocenters. The van der Waals surface area contributed by atoms with Crippen LogP contribution in [0.25, 0.3) is 0 Å². The Morgan fingerprint density at radius 1 is 1.42 bits per heavy atom. The highest BCUT2D eigenvalue weighted by Crippen LogP contribution is 2.31. The molecule has 1 aromatic rings. The molecular weight excluding hydrogens is 285 g/mol. The first-order chi connectivity index (χ1) is 8.79. The predicted octanol–water partition coefficient (Wildman–Crippen LogP) is 4.24. The summed E-state index contributed by atoms with van der Waals surface area (Å²) in [6, 6.07) is 4.57. The first-order valence-electron chi connectivity index (χ1n) is 5.45. The molecule has 3 nitrogen and oxygen atoms in total. The lowest BCUT2D eigenvalue weighted by molar-refractivity contribution is -0.137. The summed E-state index contributed by atoms with van der Waals surface area (Å²) in [6.07, 6.45) is -4.54. The smallest absolute Gasteiger partial charge is 0.416 e. The van der Waals surface area contributed by atoms with Crippen LogP contribution in [0.1, 0.15) is 18.9 Å². The quantitative estimate of drug-likeness (QED) is 0.762. The van der Waals surface area contributed by atoms with Gasteiger partial charge in [0.2, 0.25) is 0 Å². The van der Waals surface area contributed by atoms with Crippen LogP contribution in [0.4, 0.5) is 18.0 Å². The van der Waals surface area contributed by atoms with Crippen molar-refractivity contribution >= 4 is 17.0 Å². The van der Waals surface area contributed by atoms with E-state index in [4.69, 9.17) is 16.3 Å². The summed E-state index contributed by atoms with van der Waals surface area (Å²) >= 11 is 5.01. The zero-order valence-corrected chi connectivity index (χ0v) is 10.8. The van der Waals surface area contributed by atoms with Crippen molar-refractivity contribution in [3.63, 3.8) is 0 Å². The molecule has 0 bridgehead atoms. The van der Waals surface area contributed by atoms with Gasteiger partial charge in [-0.1, -0.05) is 6.07 Å². The van der Waals surface area contributed by atoms with E-state index in [-0.39, 0.29) is 12.4 Å². The highest BCUT2D eigenvalue weighted by atomic mass is 35.5. The van der Waals surface area contributed by atoms with Crippen LogP contribution in [0.5, 0.6) is 5.75 Å². The predicted molar refractivity (Wildman–Crippen MR) is 63.4 cm³/mol. The molecule has 0 heterocycles. The third-order valence-electron chi connectivity index (χ3n) is 2.25. The molecule has 1 atom stereocenters. The highest BCUT2D eigenvalue weighted by molar-refractivity contribution is 6.61. The topological polar surface area (TPSA) is 35.5 Å². The number of carbonyl (C=O) groups excluding carboxylic acids is 1. The third kappa shape index (κ3) is 5.83. The summed E-state index contributed by atoms with van der Waals surface area (Å²) in [5.41, 5.74) is -1.70. The maximum Gasteiger partial charge on any atom is 0.416 e. The van der Waals surface area contributed by atoms with Crippen molar-refractivity contribution in [2.24, 2.45) is 0 Å². The zero-order valence-electron chi connectivity index (χ0n) is 10.0. The number of benzene rings is 1. The van der Waals surface area contributed by atoms with Crippen molar-refractivity contribution in [1.82, 2.24) is 0 Å². The molecule has 0 amide bonds. The second-order valence-corrected chi connectivity index (χ2v) is 4.14. The van der Waals surface area contributed by atoms with Gasteiger partial charge in [-0.15, -0.1) is 0 Å². The van der Waals surface area contributed by atoms with E-state index in [1.165, 1.54) is 12.1 Å². The number of ether oxygens (including phenoxy) is 2. The van der Waals surface area contributed by atoms with Crippen LogP contribution < -0.4 is 4.74 Å². The van der Waals surface area contributed by atoms with Crippen LogP contribution in [0.3, 0.4) is 0 Å². The van der Waals surface area contributed by atoms with Gasteiger partial charge in [0.15, 0.2) is 0 Å². The zero-order chi connectivity index (χ0) is 14.5. The standard InChI is InChI=1S/C12H12ClF3O3/c1-8(19-11(13)17)5-6-18-10-4-2-3-9(7-10)12(14,15)16/h2-4,7-8H,5-6H2,1H3. The number of halogens is 4. The second-order valence-electron chi connectivity index (χ2n) is 3.83. The summed E-state index contributed by atoms with van der Waals surface area (Å²) in [4.78, 5) is 10.4. The van der Waals surface area contributed by atoms with Crippen molar-refractivity contribution in [1.29, 1.82) is 0 Å². The average Bonchev–Trinajstić information content (AvgIpc) is 2.27. The average molecular weight is 297 g/mol. The van der Waals surface area contributed by atoms with E-state index in [0.717, 1.165) is 12.1 Å². The highest BCUT2D eigenvalue weighted by Gasteiger charge is 2.30. The van der Waals surface area contributed by atoms with Gasteiger partial charge in [-0.3, -0.25) is 0 Å². The largest absolute Gasteiger partial charge is 0.493 e. The van der Waals surface area contributed by atoms with Gasteiger partial charge in [-0.25, -0.2) is 4.79 Å². The Morgan fingerprint density at radius 3 is 2.68 bits per heavy atom. The minimum atomic E-state index is -4.40. The molecule has 0 aromatic heterocycles. The monoisotopic (exact) mass is 296 g/mol. The number of rotatable bonds is 5. The fourth-order valence-electron chi connectivity index (χ4n) is 1.32. The maximum absolute atomic E-state index is 12.4. The molecule has 0 aliphatic heterocycles. The van der Waals surface area contributed by atoms with Crippen LogP contribution in [0.2, 0.25) is 0 Å². The first-order valence-corrected chi connectivity index (χ1v) is 5.83. The Labute approximate surface area is 113 Å². The van der Waals surface area contributed by atoms with Crippen LogP contribution >= 0.6 is 11.6 Å². The molecule has 19 heavy (non-hydrogen) atoms. The first kappa shape index (κ1) is 15.6. The van der Waals surface area contributed by atoms with E-state index < -0.39 is 23.3 Å². The summed E-state index contributed by atoms with van der Waals surface area (Å²) in [5, 5.41) is 0. The third-order valence-corrected chi connectivity index (χ3v) is 2.34. The number of hydrogen-bond acceptors (Lipinski definition) is 3. The van der Waals surface area contributed by atoms with Crippen molar-refractivity contribution in [2.45, 2.75) is 25.6 Å². The molecule has 1 rings (SSSR count). The molecule has 0 N–H and O–H groups in total. The molecule has 0 saturated heterocycles. The van der Waals surface area contributed by atoms with Gasteiger partial charge in [0.05, 0.1) is 12.2 Å². The molecule has 0 spiro atoms. The number of hydrogen-bond donors (Lipinski definition) is 0. The van der Waals surface area contributed by atoms with Gasteiger partial charge in [0.1, 0.15) is 11.9 Å². The molecular formula is C12H12ClF3O3. The normalized spacial score (nSPS) is 12.9. The van der Waals surface area contributed by atoms with E-state index in [1.54, 1.807) is 6.92 Å². The van der Waals surface area contributed by atoms with Gasteiger partial charge in [-0.2, -0.15) is 13.2 Å². The number of carbonyl (C=O) groups is 1. The van der Waals surface area contributed by atoms with Gasteiger partial charge < -0.3 is 9.47 Å². The van der Waals surface area contributed by atoms with E-state index in [1.807, 2.05) is 0 Å². The SMILES string of the molecule is CC(CCOc1cccc(C(F)(F)F)c1)OC(=O)Cl. The van der Waals surface area contributed by atoms with E-state index in [9.17, 15) is 18.0 Å². The van der Waals surface area contributed by atoms with Gasteiger partial charge >= 0.3 is 11.6 Å². The molecule has 0 radical (unpaired) electrons. The Hall–Kier alpha value is -1.43. The van der Waals surface area contributed by atoms with Gasteiger partial charge in [-0.05, 0) is 25.1 Å². The van der Waals surface area contributed by atoms with Crippen LogP contribution in [-0.4, -0.2) is 18.1 Å². The molecule has 1 aromatic carbocycles. The molecule has 0 aliphatic carbocycles. The Morgan fingerprint density at radius 2 is 2.11 bits per heavy atom. The Balaban J connectivity index is 2.48. The van der Waals surface area contributed by atoms with Gasteiger partial charge in [0, 0.05) is 18.0 Å². The van der Waals surface area contributed by atoms with E-state index in [0.29, 0.717) is 6.42 Å². The Bertz CT molecular complexity index is 434. The van der Waals surface area contributed by atoms with Crippen molar-refractivity contribution in [3.05, 3.63) is 29.8 Å². The van der Waals surface area contributed by atoms with E-state index in [2.05, 4.69) is 4.74 Å². The van der Waals surface area contributed by atoms with Gasteiger partial charge in [0.25, 0.3) is 0 Å². The molecule has 7 heteroatoms. The summed E-state index contributed by atoms with van der Waals surface area (Å²) in [6.45, 7) is 1.72. The minimum absolute atomic E-state index is 0.110. The van der Waals surface area contributed by atoms with E-state index >= 15 is 0 Å². The van der Waals surface area contributed by atoms with Crippen molar-refractivity contribution in [3.8, 4) is 5.75 Å². The lowest BCUT2D eigenvalue weighted by Gasteiger charge is -2.13. The van der Waals surface area contributed by atoms with Crippen molar-refractivity contribution in [2.75, 3.05) is 6.61 Å². The molecule has 0 aliphatic rings. The lowest BCUT2D eigenvalue weighted by atomic mass is 10.2. The fraction of sp³-hybridized carbons (Fsp3) is 0.417. The molecule has 0 saturated carbocycles. The lowest BCUT2D eigenvalue weighted by Crippen LogP contribution is -2.14.